The van der Waals surface area contributed by atoms with Crippen LogP contribution in [0.2, 0.25) is 0 Å². The number of amides is 1. The second-order valence-corrected chi connectivity index (χ2v) is 5.87. The summed E-state index contributed by atoms with van der Waals surface area (Å²) in [6.07, 6.45) is 3.22. The molecule has 18 heavy (non-hydrogen) atoms. The molecule has 0 bridgehead atoms. The highest BCUT2D eigenvalue weighted by Gasteiger charge is 2.24. The van der Waals surface area contributed by atoms with Gasteiger partial charge in [-0.3, -0.25) is 4.79 Å². The third-order valence-electron chi connectivity index (χ3n) is 3.60. The van der Waals surface area contributed by atoms with Crippen molar-refractivity contribution in [1.82, 2.24) is 5.32 Å². The van der Waals surface area contributed by atoms with E-state index in [1.807, 2.05) is 17.5 Å². The highest BCUT2D eigenvalue weighted by atomic mass is 32.1. The first-order valence-electron chi connectivity index (χ1n) is 6.41. The molecule has 1 amide bonds. The van der Waals surface area contributed by atoms with Gasteiger partial charge in [0.25, 0.3) is 0 Å². The number of aliphatic hydroxyl groups excluding tert-OH is 1. The van der Waals surface area contributed by atoms with Crippen molar-refractivity contribution in [3.05, 3.63) is 22.4 Å². The maximum absolute atomic E-state index is 11.0. The Balaban J connectivity index is 1.71. The van der Waals surface area contributed by atoms with Crippen LogP contribution >= 0.6 is 11.3 Å². The third kappa shape index (κ3) is 3.54. The van der Waals surface area contributed by atoms with E-state index in [-0.39, 0.29) is 11.8 Å². The van der Waals surface area contributed by atoms with Gasteiger partial charge in [0.1, 0.15) is 6.10 Å². The molecule has 1 aliphatic carbocycles. The summed E-state index contributed by atoms with van der Waals surface area (Å²) in [5.74, 6) is -0.127. The zero-order valence-electron chi connectivity index (χ0n) is 10.3. The Labute approximate surface area is 111 Å². The molecule has 4 nitrogen and oxygen atoms in total. The number of rotatable bonds is 5. The molecule has 5 heteroatoms. The number of aliphatic hydroxyl groups is 1. The Kier molecular flexibility index (Phi) is 4.74. The van der Waals surface area contributed by atoms with Crippen LogP contribution in [0.4, 0.5) is 0 Å². The number of carbonyl (C=O) groups excluding carboxylic acids is 1. The van der Waals surface area contributed by atoms with E-state index in [0.29, 0.717) is 12.6 Å². The molecule has 100 valence electrons. The summed E-state index contributed by atoms with van der Waals surface area (Å²) in [6.45, 7) is 0.576. The first kappa shape index (κ1) is 13.5. The number of hydrogen-bond acceptors (Lipinski definition) is 4. The van der Waals surface area contributed by atoms with Crippen molar-refractivity contribution in [3.8, 4) is 0 Å². The van der Waals surface area contributed by atoms with E-state index in [2.05, 4.69) is 5.32 Å². The fraction of sp³-hybridized carbons (Fsp3) is 0.615. The molecule has 0 radical (unpaired) electrons. The number of nitrogens with two attached hydrogens (primary N) is 1. The van der Waals surface area contributed by atoms with Gasteiger partial charge in [0.15, 0.2) is 0 Å². The highest BCUT2D eigenvalue weighted by Crippen LogP contribution is 2.24. The molecular formula is C13H20N2O2S. The Morgan fingerprint density at radius 3 is 2.78 bits per heavy atom. The van der Waals surface area contributed by atoms with Crippen LogP contribution in [0.25, 0.3) is 0 Å². The molecule has 1 heterocycles. The summed E-state index contributed by atoms with van der Waals surface area (Å²) in [5.41, 5.74) is 5.30. The monoisotopic (exact) mass is 268 g/mol. The van der Waals surface area contributed by atoms with Crippen LogP contribution in [-0.4, -0.2) is 23.6 Å². The number of carbonyl (C=O) groups is 1. The maximum atomic E-state index is 11.0. The minimum Gasteiger partial charge on any atom is -0.386 e. The first-order chi connectivity index (χ1) is 8.66. The molecule has 1 aromatic rings. The van der Waals surface area contributed by atoms with Crippen molar-refractivity contribution in [2.75, 3.05) is 6.54 Å². The van der Waals surface area contributed by atoms with E-state index in [1.54, 1.807) is 11.3 Å². The zero-order chi connectivity index (χ0) is 13.0. The average Bonchev–Trinajstić information content (AvgIpc) is 2.90. The van der Waals surface area contributed by atoms with Crippen LogP contribution in [-0.2, 0) is 4.79 Å². The summed E-state index contributed by atoms with van der Waals surface area (Å²) in [4.78, 5) is 12.0. The van der Waals surface area contributed by atoms with E-state index in [4.69, 9.17) is 5.73 Å². The summed E-state index contributed by atoms with van der Waals surface area (Å²) in [5, 5.41) is 15.3. The molecule has 0 spiro atoms. The normalized spacial score (nSPS) is 25.8. The van der Waals surface area contributed by atoms with Crippen molar-refractivity contribution in [1.29, 1.82) is 0 Å². The smallest absolute Gasteiger partial charge is 0.220 e. The molecule has 0 saturated heterocycles. The van der Waals surface area contributed by atoms with Gasteiger partial charge in [0.05, 0.1) is 0 Å². The lowest BCUT2D eigenvalue weighted by Gasteiger charge is -2.28. The lowest BCUT2D eigenvalue weighted by molar-refractivity contribution is -0.122. The predicted octanol–water partition coefficient (Wildman–Crippen LogP) is 1.42. The summed E-state index contributed by atoms with van der Waals surface area (Å²) < 4.78 is 0. The quantitative estimate of drug-likeness (QED) is 0.756. The fourth-order valence-corrected chi connectivity index (χ4v) is 3.15. The van der Waals surface area contributed by atoms with Crippen molar-refractivity contribution in [3.63, 3.8) is 0 Å². The lowest BCUT2D eigenvalue weighted by atomic mass is 9.85. The standard InChI is InChI=1S/C13H20N2O2S/c14-13(17)9-3-5-10(6-4-9)15-8-11(16)12-2-1-7-18-12/h1-2,7,9-11,15-16H,3-6,8H2,(H2,14,17). The van der Waals surface area contributed by atoms with Crippen LogP contribution < -0.4 is 11.1 Å². The van der Waals surface area contributed by atoms with E-state index < -0.39 is 6.10 Å². The van der Waals surface area contributed by atoms with Gasteiger partial charge in [0.2, 0.25) is 5.91 Å². The minimum absolute atomic E-state index is 0.0465. The average molecular weight is 268 g/mol. The summed E-state index contributed by atoms with van der Waals surface area (Å²) >= 11 is 1.57. The molecule has 1 unspecified atom stereocenters. The molecule has 1 saturated carbocycles. The van der Waals surface area contributed by atoms with Gasteiger partial charge in [-0.1, -0.05) is 6.07 Å². The molecule has 0 aromatic carbocycles. The van der Waals surface area contributed by atoms with Crippen LogP contribution in [0, 0.1) is 5.92 Å². The second-order valence-electron chi connectivity index (χ2n) is 4.89. The van der Waals surface area contributed by atoms with Gasteiger partial charge in [-0.2, -0.15) is 0 Å². The molecule has 1 atom stereocenters. The number of primary amides is 1. The molecule has 1 aromatic heterocycles. The topological polar surface area (TPSA) is 75.4 Å². The molecular weight excluding hydrogens is 248 g/mol. The number of hydrogen-bond donors (Lipinski definition) is 3. The van der Waals surface area contributed by atoms with E-state index in [9.17, 15) is 9.90 Å². The van der Waals surface area contributed by atoms with Crippen LogP contribution in [0.15, 0.2) is 17.5 Å². The first-order valence-corrected chi connectivity index (χ1v) is 7.29. The molecule has 2 rings (SSSR count). The highest BCUT2D eigenvalue weighted by molar-refractivity contribution is 7.10. The van der Waals surface area contributed by atoms with Gasteiger partial charge in [0, 0.05) is 23.4 Å². The van der Waals surface area contributed by atoms with Gasteiger partial charge in [-0.15, -0.1) is 11.3 Å². The van der Waals surface area contributed by atoms with Crippen molar-refractivity contribution >= 4 is 17.2 Å². The van der Waals surface area contributed by atoms with Crippen LogP contribution in [0.5, 0.6) is 0 Å². The Bertz CT molecular complexity index is 372. The second kappa shape index (κ2) is 6.31. The lowest BCUT2D eigenvalue weighted by Crippen LogP contribution is -2.38. The minimum atomic E-state index is -0.432. The Morgan fingerprint density at radius 2 is 2.22 bits per heavy atom. The van der Waals surface area contributed by atoms with E-state index >= 15 is 0 Å². The maximum Gasteiger partial charge on any atom is 0.220 e. The Hall–Kier alpha value is -0.910. The molecule has 1 aliphatic rings. The van der Waals surface area contributed by atoms with Crippen molar-refractivity contribution in [2.45, 2.75) is 37.8 Å². The third-order valence-corrected chi connectivity index (χ3v) is 4.57. The van der Waals surface area contributed by atoms with Gasteiger partial charge >= 0.3 is 0 Å². The number of thiophene rings is 1. The summed E-state index contributed by atoms with van der Waals surface area (Å²) in [7, 11) is 0. The molecule has 0 aliphatic heterocycles. The SMILES string of the molecule is NC(=O)C1CCC(NCC(O)c2cccs2)CC1. The fourth-order valence-electron chi connectivity index (χ4n) is 2.44. The van der Waals surface area contributed by atoms with Gasteiger partial charge < -0.3 is 16.2 Å². The molecule has 1 fully saturated rings. The number of nitrogens with one attached hydrogen (secondary N) is 1. The van der Waals surface area contributed by atoms with Crippen LogP contribution in [0.1, 0.15) is 36.7 Å². The van der Waals surface area contributed by atoms with Gasteiger partial charge in [-0.25, -0.2) is 0 Å². The summed E-state index contributed by atoms with van der Waals surface area (Å²) in [6, 6.07) is 4.29. The van der Waals surface area contributed by atoms with Crippen molar-refractivity contribution in [2.24, 2.45) is 11.7 Å². The van der Waals surface area contributed by atoms with Crippen molar-refractivity contribution < 1.29 is 9.90 Å². The Morgan fingerprint density at radius 1 is 1.50 bits per heavy atom. The van der Waals surface area contributed by atoms with E-state index in [0.717, 1.165) is 30.6 Å². The molecule has 4 N–H and O–H groups in total. The van der Waals surface area contributed by atoms with Crippen LogP contribution in [0.3, 0.4) is 0 Å². The van der Waals surface area contributed by atoms with E-state index in [1.165, 1.54) is 0 Å². The van der Waals surface area contributed by atoms with Gasteiger partial charge in [-0.05, 0) is 37.1 Å². The predicted molar refractivity (Wildman–Crippen MR) is 72.2 cm³/mol. The largest absolute Gasteiger partial charge is 0.386 e. The zero-order valence-corrected chi connectivity index (χ0v) is 11.2.